The molecule has 33 heavy (non-hydrogen) atoms. The first-order chi connectivity index (χ1) is 15.3. The molecule has 1 aromatic heterocycles. The monoisotopic (exact) mass is 473 g/mol. The van der Waals surface area contributed by atoms with Gasteiger partial charge in [-0.3, -0.25) is 14.6 Å². The summed E-state index contributed by atoms with van der Waals surface area (Å²) in [6, 6.07) is 2.97. The third-order valence-corrected chi connectivity index (χ3v) is 5.86. The van der Waals surface area contributed by atoms with Gasteiger partial charge in [0.2, 0.25) is 11.7 Å². The fourth-order valence-electron chi connectivity index (χ4n) is 3.90. The number of pyridine rings is 1. The molecule has 2 aromatic rings. The zero-order valence-corrected chi connectivity index (χ0v) is 17.7. The van der Waals surface area contributed by atoms with Gasteiger partial charge in [0.05, 0.1) is 24.6 Å². The van der Waals surface area contributed by atoms with Crippen molar-refractivity contribution in [2.45, 2.75) is 37.6 Å². The number of nitrogens with two attached hydrogens (primary N) is 1. The Morgan fingerprint density at radius 2 is 1.91 bits per heavy atom. The number of carbonyl (C=O) groups is 2. The van der Waals surface area contributed by atoms with E-state index in [9.17, 15) is 31.5 Å². The van der Waals surface area contributed by atoms with Crippen LogP contribution in [0, 0.1) is 17.6 Å². The maximum absolute atomic E-state index is 14.3. The number of benzene rings is 1. The normalized spacial score (nSPS) is 25.0. The Kier molecular flexibility index (Phi) is 6.33. The van der Waals surface area contributed by atoms with Crippen LogP contribution in [0.25, 0.3) is 0 Å². The van der Waals surface area contributed by atoms with Gasteiger partial charge in [-0.25, -0.2) is 4.39 Å². The molecule has 1 fully saturated rings. The highest BCUT2D eigenvalue weighted by molar-refractivity contribution is 5.97. The van der Waals surface area contributed by atoms with E-state index in [2.05, 4.69) is 10.3 Å². The first-order valence-electron chi connectivity index (χ1n) is 9.64. The van der Waals surface area contributed by atoms with E-state index >= 15 is 0 Å². The van der Waals surface area contributed by atoms with Crippen LogP contribution in [0.5, 0.6) is 5.75 Å². The lowest BCUT2D eigenvalue weighted by Gasteiger charge is -2.32. The summed E-state index contributed by atoms with van der Waals surface area (Å²) in [5, 5.41) is 2.34. The molecule has 3 rings (SSSR count). The molecule has 3 N–H and O–H groups in total. The van der Waals surface area contributed by atoms with Crippen molar-refractivity contribution < 1.29 is 41.0 Å². The van der Waals surface area contributed by atoms with E-state index in [0.29, 0.717) is 0 Å². The predicted molar refractivity (Wildman–Crippen MR) is 106 cm³/mol. The number of methoxy groups -OCH3 is 1. The minimum Gasteiger partial charge on any atom is -0.493 e. The lowest BCUT2D eigenvalue weighted by molar-refractivity contribution is -0.272. The number of ether oxygens (including phenoxy) is 2. The third-order valence-electron chi connectivity index (χ3n) is 5.86. The summed E-state index contributed by atoms with van der Waals surface area (Å²) in [4.78, 5) is 28.1. The lowest BCUT2D eigenvalue weighted by Crippen LogP contribution is -2.47. The van der Waals surface area contributed by atoms with Crippen molar-refractivity contribution in [2.24, 2.45) is 11.7 Å². The molecule has 0 radical (unpaired) electrons. The van der Waals surface area contributed by atoms with Gasteiger partial charge in [0.25, 0.3) is 5.91 Å². The van der Waals surface area contributed by atoms with Crippen LogP contribution in [0.15, 0.2) is 30.6 Å². The maximum Gasteiger partial charge on any atom is 0.417 e. The number of aromatic nitrogens is 1. The van der Waals surface area contributed by atoms with E-state index in [-0.39, 0.29) is 16.8 Å². The number of primary amides is 1. The summed E-state index contributed by atoms with van der Waals surface area (Å²) in [6.07, 6.45) is -4.37. The smallest absolute Gasteiger partial charge is 0.417 e. The molecule has 1 aliphatic rings. The van der Waals surface area contributed by atoms with Crippen LogP contribution in [-0.4, -0.2) is 41.8 Å². The number of rotatable bonds is 5. The molecular weight excluding hydrogens is 453 g/mol. The van der Waals surface area contributed by atoms with Gasteiger partial charge < -0.3 is 20.5 Å². The number of anilines is 1. The molecule has 7 nitrogen and oxygen atoms in total. The van der Waals surface area contributed by atoms with Crippen LogP contribution in [0.1, 0.15) is 35.7 Å². The van der Waals surface area contributed by atoms with Crippen LogP contribution in [-0.2, 0) is 9.53 Å². The van der Waals surface area contributed by atoms with Gasteiger partial charge in [0.15, 0.2) is 17.2 Å². The van der Waals surface area contributed by atoms with Gasteiger partial charge in [-0.05, 0) is 19.1 Å². The quantitative estimate of drug-likeness (QED) is 0.647. The number of hydrogen-bond acceptors (Lipinski definition) is 5. The third kappa shape index (κ3) is 4.22. The first-order valence-corrected chi connectivity index (χ1v) is 9.64. The van der Waals surface area contributed by atoms with Crippen LogP contribution < -0.4 is 15.8 Å². The molecule has 12 heteroatoms. The molecule has 0 unspecified atom stereocenters. The Labute approximate surface area is 185 Å². The van der Waals surface area contributed by atoms with E-state index in [0.717, 1.165) is 38.6 Å². The van der Waals surface area contributed by atoms with Gasteiger partial charge in [0.1, 0.15) is 6.10 Å². The minimum atomic E-state index is -4.89. The molecule has 0 saturated carbocycles. The Morgan fingerprint density at radius 1 is 1.24 bits per heavy atom. The van der Waals surface area contributed by atoms with E-state index in [1.807, 2.05) is 0 Å². The van der Waals surface area contributed by atoms with Crippen molar-refractivity contribution in [2.75, 3.05) is 12.4 Å². The van der Waals surface area contributed by atoms with Gasteiger partial charge in [0, 0.05) is 23.6 Å². The zero-order chi connectivity index (χ0) is 24.7. The largest absolute Gasteiger partial charge is 0.493 e. The van der Waals surface area contributed by atoms with Crippen LogP contribution in [0.2, 0.25) is 0 Å². The van der Waals surface area contributed by atoms with E-state index in [1.165, 1.54) is 13.0 Å². The number of amides is 2. The Bertz CT molecular complexity index is 1090. The summed E-state index contributed by atoms with van der Waals surface area (Å²) in [7, 11) is 1.03. The standard InChI is InChI=1S/C21H20F5N3O4/c1-9-14(12-4-5-13(22)15(23)16(12)32-3)17(33-20(9,2)21(24,25)26)19(31)29-11-6-10(18(27)30)7-28-8-11/h4-9,14,17H,1-3H3,(H2,27,30)(H,29,31)/t9-,14+,17-,20-/m1/s1. The van der Waals surface area contributed by atoms with E-state index in [1.54, 1.807) is 0 Å². The molecule has 0 bridgehead atoms. The zero-order valence-electron chi connectivity index (χ0n) is 17.7. The van der Waals surface area contributed by atoms with Gasteiger partial charge in [-0.15, -0.1) is 0 Å². The summed E-state index contributed by atoms with van der Waals surface area (Å²) < 4.78 is 80.0. The summed E-state index contributed by atoms with van der Waals surface area (Å²) in [6.45, 7) is 1.97. The minimum absolute atomic E-state index is 0.0239. The lowest BCUT2D eigenvalue weighted by atomic mass is 9.77. The Morgan fingerprint density at radius 3 is 2.48 bits per heavy atom. The highest BCUT2D eigenvalue weighted by atomic mass is 19.4. The van der Waals surface area contributed by atoms with Crippen LogP contribution in [0.3, 0.4) is 0 Å². The number of nitrogens with zero attached hydrogens (tertiary/aromatic N) is 1. The van der Waals surface area contributed by atoms with Crippen LogP contribution >= 0.6 is 0 Å². The highest BCUT2D eigenvalue weighted by Crippen LogP contribution is 2.54. The average Bonchev–Trinajstić information content (AvgIpc) is 3.02. The molecule has 2 amide bonds. The number of alkyl halides is 3. The first kappa shape index (κ1) is 24.4. The predicted octanol–water partition coefficient (Wildman–Crippen LogP) is 3.55. The average molecular weight is 473 g/mol. The number of carbonyl (C=O) groups excluding carboxylic acids is 2. The fraction of sp³-hybridized carbons (Fsp3) is 0.381. The molecule has 0 aliphatic carbocycles. The van der Waals surface area contributed by atoms with E-state index in [4.69, 9.17) is 15.2 Å². The number of halogens is 5. The summed E-state index contributed by atoms with van der Waals surface area (Å²) in [5.74, 6) is -7.92. The molecule has 0 spiro atoms. The molecule has 1 saturated heterocycles. The highest BCUT2D eigenvalue weighted by Gasteiger charge is 2.65. The number of nitrogens with one attached hydrogen (secondary N) is 1. The second kappa shape index (κ2) is 8.58. The van der Waals surface area contributed by atoms with Gasteiger partial charge >= 0.3 is 6.18 Å². The Hall–Kier alpha value is -3.28. The van der Waals surface area contributed by atoms with Crippen LogP contribution in [0.4, 0.5) is 27.6 Å². The second-order valence-electron chi connectivity index (χ2n) is 7.76. The SMILES string of the molecule is COc1c([C@@H]2[C@@H](C)[C@](C)(C(F)(F)F)O[C@H]2C(=O)Nc2cncc(C(N)=O)c2)ccc(F)c1F. The van der Waals surface area contributed by atoms with E-state index < -0.39 is 58.9 Å². The topological polar surface area (TPSA) is 104 Å². The fourth-order valence-corrected chi connectivity index (χ4v) is 3.90. The summed E-state index contributed by atoms with van der Waals surface area (Å²) >= 11 is 0. The second-order valence-corrected chi connectivity index (χ2v) is 7.76. The van der Waals surface area contributed by atoms with Crippen molar-refractivity contribution in [3.8, 4) is 5.75 Å². The number of hydrogen-bond donors (Lipinski definition) is 2. The van der Waals surface area contributed by atoms with Crippen molar-refractivity contribution in [3.05, 3.63) is 53.4 Å². The molecule has 4 atom stereocenters. The summed E-state index contributed by atoms with van der Waals surface area (Å²) in [5.41, 5.74) is 2.15. The van der Waals surface area contributed by atoms with Crippen molar-refractivity contribution in [1.82, 2.24) is 4.98 Å². The molecule has 1 aromatic carbocycles. The molecule has 178 valence electrons. The Balaban J connectivity index is 2.07. The van der Waals surface area contributed by atoms with Crippen molar-refractivity contribution in [3.63, 3.8) is 0 Å². The maximum atomic E-state index is 14.3. The van der Waals surface area contributed by atoms with Gasteiger partial charge in [-0.1, -0.05) is 13.0 Å². The van der Waals surface area contributed by atoms with Gasteiger partial charge in [-0.2, -0.15) is 17.6 Å². The molecular formula is C21H20F5N3O4. The molecule has 1 aliphatic heterocycles. The molecule has 2 heterocycles. The van der Waals surface area contributed by atoms with Crippen molar-refractivity contribution >= 4 is 17.5 Å². The van der Waals surface area contributed by atoms with Crippen molar-refractivity contribution in [1.29, 1.82) is 0 Å².